The Morgan fingerprint density at radius 1 is 1.00 bits per heavy atom. The second-order valence-electron chi connectivity index (χ2n) is 7.19. The summed E-state index contributed by atoms with van der Waals surface area (Å²) in [6.45, 7) is 3.78. The summed E-state index contributed by atoms with van der Waals surface area (Å²) in [7, 11) is -1.78. The Hall–Kier alpha value is -2.05. The molecule has 2 N–H and O–H groups in total. The van der Waals surface area contributed by atoms with Crippen molar-refractivity contribution in [1.29, 1.82) is 0 Å². The SMILES string of the molecule is CC(=O)NC(CSCCCC[Si](C)(c1ccccc1)c1ccccc1)C(=O)O. The van der Waals surface area contributed by atoms with Gasteiger partial charge in [-0.05, 0) is 18.2 Å². The smallest absolute Gasteiger partial charge is 0.327 e. The predicted octanol–water partition coefficient (Wildman–Crippen LogP) is 2.98. The Balaban J connectivity index is 1.89. The largest absolute Gasteiger partial charge is 0.480 e. The topological polar surface area (TPSA) is 66.4 Å². The van der Waals surface area contributed by atoms with Gasteiger partial charge >= 0.3 is 5.97 Å². The molecule has 0 aliphatic heterocycles. The summed E-state index contributed by atoms with van der Waals surface area (Å²) in [6.07, 6.45) is 2.15. The molecule has 6 heteroatoms. The predicted molar refractivity (Wildman–Crippen MR) is 120 cm³/mol. The van der Waals surface area contributed by atoms with E-state index < -0.39 is 20.1 Å². The number of thioether (sulfide) groups is 1. The molecule has 28 heavy (non-hydrogen) atoms. The van der Waals surface area contributed by atoms with Crippen molar-refractivity contribution in [3.05, 3.63) is 60.7 Å². The highest BCUT2D eigenvalue weighted by Crippen LogP contribution is 2.17. The number of aliphatic carboxylic acids is 1. The molecule has 0 saturated heterocycles. The molecular formula is C22H29NO3SSi. The second kappa shape index (κ2) is 11.1. The third-order valence-electron chi connectivity index (χ3n) is 5.00. The lowest BCUT2D eigenvalue weighted by Gasteiger charge is -2.29. The molecular weight excluding hydrogens is 386 g/mol. The maximum absolute atomic E-state index is 11.2. The van der Waals surface area contributed by atoms with Gasteiger partial charge in [-0.3, -0.25) is 4.79 Å². The molecule has 1 amide bonds. The van der Waals surface area contributed by atoms with E-state index in [4.69, 9.17) is 5.11 Å². The number of hydrogen-bond acceptors (Lipinski definition) is 3. The Morgan fingerprint density at radius 3 is 2.00 bits per heavy atom. The van der Waals surface area contributed by atoms with E-state index in [0.717, 1.165) is 24.6 Å². The van der Waals surface area contributed by atoms with E-state index in [-0.39, 0.29) is 5.91 Å². The van der Waals surface area contributed by atoms with Gasteiger partial charge in [-0.2, -0.15) is 11.8 Å². The van der Waals surface area contributed by atoms with Crippen molar-refractivity contribution in [3.63, 3.8) is 0 Å². The second-order valence-corrected chi connectivity index (χ2v) is 12.7. The molecule has 0 radical (unpaired) electrons. The monoisotopic (exact) mass is 415 g/mol. The number of carboxylic acid groups (broad SMARTS) is 1. The van der Waals surface area contributed by atoms with Crippen LogP contribution in [0.4, 0.5) is 0 Å². The van der Waals surface area contributed by atoms with Crippen LogP contribution in [0.15, 0.2) is 60.7 Å². The van der Waals surface area contributed by atoms with Crippen molar-refractivity contribution in [2.45, 2.75) is 38.4 Å². The Morgan fingerprint density at radius 2 is 1.54 bits per heavy atom. The lowest BCUT2D eigenvalue weighted by Crippen LogP contribution is -2.55. The number of carbonyl (C=O) groups is 2. The summed E-state index contributed by atoms with van der Waals surface area (Å²) in [6, 6.07) is 21.9. The number of carboxylic acids is 1. The molecule has 1 atom stereocenters. The first-order chi connectivity index (χ1) is 13.4. The van der Waals surface area contributed by atoms with Gasteiger partial charge in [-0.25, -0.2) is 4.79 Å². The maximum atomic E-state index is 11.2. The Kier molecular flexibility index (Phi) is 8.79. The zero-order valence-electron chi connectivity index (χ0n) is 16.6. The molecule has 2 aromatic rings. The number of benzene rings is 2. The number of nitrogens with one attached hydrogen (secondary N) is 1. The number of unbranched alkanes of at least 4 members (excludes halogenated alkanes) is 1. The van der Waals surface area contributed by atoms with Gasteiger partial charge in [-0.1, -0.05) is 84.0 Å². The Labute approximate surface area is 172 Å². The molecule has 0 bridgehead atoms. The van der Waals surface area contributed by atoms with Crippen LogP contribution in [0.1, 0.15) is 19.8 Å². The number of amides is 1. The Bertz CT molecular complexity index is 715. The molecule has 0 aliphatic rings. The van der Waals surface area contributed by atoms with E-state index in [1.807, 2.05) is 0 Å². The summed E-state index contributed by atoms with van der Waals surface area (Å²) >= 11 is 1.59. The number of rotatable bonds is 11. The summed E-state index contributed by atoms with van der Waals surface area (Å²) in [5.41, 5.74) is 0. The lowest BCUT2D eigenvalue weighted by molar-refractivity contribution is -0.140. The highest BCUT2D eigenvalue weighted by molar-refractivity contribution is 7.99. The molecule has 150 valence electrons. The molecule has 1 unspecified atom stereocenters. The van der Waals surface area contributed by atoms with Crippen molar-refractivity contribution in [3.8, 4) is 0 Å². The van der Waals surface area contributed by atoms with Gasteiger partial charge < -0.3 is 10.4 Å². The third kappa shape index (κ3) is 6.53. The molecule has 0 fully saturated rings. The van der Waals surface area contributed by atoms with Gasteiger partial charge in [-0.15, -0.1) is 0 Å². The standard InChI is InChI=1S/C22H29NO3SSi/c1-18(24)23-21(22(25)26)17-27-15-9-10-16-28(2,19-11-5-3-6-12-19)20-13-7-4-8-14-20/h3-8,11-14,21H,9-10,15-17H2,1-2H3,(H,23,24)(H,25,26). The van der Waals surface area contributed by atoms with Gasteiger partial charge in [0, 0.05) is 12.7 Å². The fourth-order valence-electron chi connectivity index (χ4n) is 3.37. The van der Waals surface area contributed by atoms with Gasteiger partial charge in [0.15, 0.2) is 0 Å². The molecule has 2 rings (SSSR count). The van der Waals surface area contributed by atoms with Crippen molar-refractivity contribution < 1.29 is 14.7 Å². The van der Waals surface area contributed by atoms with E-state index in [2.05, 4.69) is 72.5 Å². The first kappa shape index (κ1) is 22.2. The van der Waals surface area contributed by atoms with Gasteiger partial charge in [0.05, 0.1) is 0 Å². The van der Waals surface area contributed by atoms with Crippen LogP contribution in [0.25, 0.3) is 0 Å². The van der Waals surface area contributed by atoms with Crippen molar-refractivity contribution in [2.75, 3.05) is 11.5 Å². The van der Waals surface area contributed by atoms with Crippen LogP contribution >= 0.6 is 11.8 Å². The van der Waals surface area contributed by atoms with Crippen LogP contribution in [0.2, 0.25) is 12.6 Å². The van der Waals surface area contributed by atoms with Crippen LogP contribution in [0.3, 0.4) is 0 Å². The van der Waals surface area contributed by atoms with Gasteiger partial charge in [0.1, 0.15) is 14.1 Å². The summed E-state index contributed by atoms with van der Waals surface area (Å²) in [5, 5.41) is 14.5. The van der Waals surface area contributed by atoms with Crippen molar-refractivity contribution >= 4 is 42.1 Å². The van der Waals surface area contributed by atoms with Crippen LogP contribution in [0.5, 0.6) is 0 Å². The molecule has 0 spiro atoms. The van der Waals surface area contributed by atoms with E-state index >= 15 is 0 Å². The van der Waals surface area contributed by atoms with Crippen molar-refractivity contribution in [1.82, 2.24) is 5.32 Å². The van der Waals surface area contributed by atoms with Crippen LogP contribution < -0.4 is 15.7 Å². The molecule has 2 aromatic carbocycles. The molecule has 0 saturated carbocycles. The first-order valence-electron chi connectivity index (χ1n) is 9.62. The fourth-order valence-corrected chi connectivity index (χ4v) is 8.13. The van der Waals surface area contributed by atoms with E-state index in [1.165, 1.54) is 17.3 Å². The summed E-state index contributed by atoms with van der Waals surface area (Å²) in [4.78, 5) is 22.3. The quantitative estimate of drug-likeness (QED) is 0.437. The average molecular weight is 416 g/mol. The average Bonchev–Trinajstić information content (AvgIpc) is 2.70. The zero-order chi connectivity index (χ0) is 20.4. The molecule has 0 aromatic heterocycles. The lowest BCUT2D eigenvalue weighted by atomic mass is 10.3. The fraction of sp³-hybridized carbons (Fsp3) is 0.364. The summed E-state index contributed by atoms with van der Waals surface area (Å²) < 4.78 is 0. The highest BCUT2D eigenvalue weighted by Gasteiger charge is 2.30. The minimum atomic E-state index is -1.78. The van der Waals surface area contributed by atoms with Gasteiger partial charge in [0.25, 0.3) is 0 Å². The molecule has 0 heterocycles. The maximum Gasteiger partial charge on any atom is 0.327 e. The van der Waals surface area contributed by atoms with Gasteiger partial charge in [0.2, 0.25) is 5.91 Å². The molecule has 4 nitrogen and oxygen atoms in total. The van der Waals surface area contributed by atoms with E-state index in [0.29, 0.717) is 5.75 Å². The summed E-state index contributed by atoms with van der Waals surface area (Å²) in [5.74, 6) is 0.0228. The van der Waals surface area contributed by atoms with E-state index in [9.17, 15) is 9.59 Å². The van der Waals surface area contributed by atoms with Crippen LogP contribution in [-0.4, -0.2) is 42.6 Å². The minimum Gasteiger partial charge on any atom is -0.480 e. The molecule has 0 aliphatic carbocycles. The number of hydrogen-bond donors (Lipinski definition) is 2. The first-order valence-corrected chi connectivity index (χ1v) is 13.5. The highest BCUT2D eigenvalue weighted by atomic mass is 32.2. The normalized spacial score (nSPS) is 12.4. The minimum absolute atomic E-state index is 0.305. The zero-order valence-corrected chi connectivity index (χ0v) is 18.4. The van der Waals surface area contributed by atoms with Crippen molar-refractivity contribution in [2.24, 2.45) is 0 Å². The van der Waals surface area contributed by atoms with Crippen LogP contribution in [0, 0.1) is 0 Å². The number of carbonyl (C=O) groups excluding carboxylic acids is 1. The van der Waals surface area contributed by atoms with Crippen LogP contribution in [-0.2, 0) is 9.59 Å². The van der Waals surface area contributed by atoms with E-state index in [1.54, 1.807) is 11.8 Å². The third-order valence-corrected chi connectivity index (χ3v) is 10.7.